The minimum atomic E-state index is -0.485. The Bertz CT molecular complexity index is 505. The molecule has 23 heavy (non-hydrogen) atoms. The average Bonchev–Trinajstić information content (AvgIpc) is 2.51. The maximum atomic E-state index is 11.6. The maximum absolute atomic E-state index is 11.6. The smallest absolute Gasteiger partial charge is 0.310 e. The molecule has 0 bridgehead atoms. The Morgan fingerprint density at radius 1 is 1.26 bits per heavy atom. The first-order valence-corrected chi connectivity index (χ1v) is 7.75. The molecule has 0 aliphatic rings. The summed E-state index contributed by atoms with van der Waals surface area (Å²) >= 11 is 0. The van der Waals surface area contributed by atoms with Crippen molar-refractivity contribution in [2.75, 3.05) is 19.8 Å². The van der Waals surface area contributed by atoms with E-state index in [4.69, 9.17) is 9.47 Å². The van der Waals surface area contributed by atoms with Crippen molar-refractivity contribution in [1.29, 1.82) is 0 Å². The molecule has 1 aromatic carbocycles. The highest BCUT2D eigenvalue weighted by atomic mass is 16.6. The first-order chi connectivity index (χ1) is 11.0. The van der Waals surface area contributed by atoms with Gasteiger partial charge in [0, 0.05) is 25.6 Å². The molecular formula is C16H24N2O5. The van der Waals surface area contributed by atoms with Gasteiger partial charge in [0.05, 0.1) is 17.6 Å². The zero-order valence-electron chi connectivity index (χ0n) is 13.6. The molecule has 0 fully saturated rings. The lowest BCUT2D eigenvalue weighted by molar-refractivity contribution is -0.385. The fourth-order valence-electron chi connectivity index (χ4n) is 1.85. The van der Waals surface area contributed by atoms with E-state index in [0.717, 1.165) is 6.42 Å². The third kappa shape index (κ3) is 8.15. The summed E-state index contributed by atoms with van der Waals surface area (Å²) in [6, 6.07) is 6.20. The van der Waals surface area contributed by atoms with Crippen LogP contribution in [0.2, 0.25) is 0 Å². The molecule has 0 aliphatic carbocycles. The molecular weight excluding hydrogens is 300 g/mol. The molecule has 1 amide bonds. The second-order valence-corrected chi connectivity index (χ2v) is 5.30. The Balaban J connectivity index is 2.15. The summed E-state index contributed by atoms with van der Waals surface area (Å²) in [7, 11) is 0. The van der Waals surface area contributed by atoms with Crippen LogP contribution in [0.25, 0.3) is 0 Å². The van der Waals surface area contributed by atoms with Crippen molar-refractivity contribution in [1.82, 2.24) is 5.32 Å². The van der Waals surface area contributed by atoms with Crippen molar-refractivity contribution >= 4 is 11.6 Å². The molecule has 0 saturated heterocycles. The summed E-state index contributed by atoms with van der Waals surface area (Å²) in [6.45, 7) is 5.40. The van der Waals surface area contributed by atoms with E-state index in [0.29, 0.717) is 26.0 Å². The van der Waals surface area contributed by atoms with Crippen LogP contribution >= 0.6 is 0 Å². The zero-order chi connectivity index (χ0) is 17.1. The lowest BCUT2D eigenvalue weighted by Gasteiger charge is -2.09. The molecule has 128 valence electrons. The van der Waals surface area contributed by atoms with Crippen LogP contribution in [0, 0.1) is 10.1 Å². The third-order valence-corrected chi connectivity index (χ3v) is 2.96. The van der Waals surface area contributed by atoms with Crippen molar-refractivity contribution < 1.29 is 19.2 Å². The van der Waals surface area contributed by atoms with Crippen LogP contribution in [0.5, 0.6) is 5.75 Å². The minimum absolute atomic E-state index is 0.0549. The molecule has 0 spiro atoms. The zero-order valence-corrected chi connectivity index (χ0v) is 13.6. The van der Waals surface area contributed by atoms with Gasteiger partial charge >= 0.3 is 5.69 Å². The predicted molar refractivity (Wildman–Crippen MR) is 86.5 cm³/mol. The predicted octanol–water partition coefficient (Wildman–Crippen LogP) is 2.69. The molecule has 0 saturated carbocycles. The first-order valence-electron chi connectivity index (χ1n) is 7.75. The molecule has 0 aromatic heterocycles. The Hall–Kier alpha value is -2.15. The number of amides is 1. The van der Waals surface area contributed by atoms with Gasteiger partial charge in [0.15, 0.2) is 5.75 Å². The summed E-state index contributed by atoms with van der Waals surface area (Å²) < 4.78 is 10.8. The van der Waals surface area contributed by atoms with E-state index < -0.39 is 4.92 Å². The van der Waals surface area contributed by atoms with Gasteiger partial charge in [-0.2, -0.15) is 0 Å². The van der Waals surface area contributed by atoms with Crippen molar-refractivity contribution in [3.8, 4) is 5.75 Å². The highest BCUT2D eigenvalue weighted by Crippen LogP contribution is 2.25. The van der Waals surface area contributed by atoms with Gasteiger partial charge in [0.25, 0.3) is 0 Å². The molecule has 7 heteroatoms. The van der Waals surface area contributed by atoms with Gasteiger partial charge in [0.2, 0.25) is 5.91 Å². The first kappa shape index (κ1) is 18.9. The van der Waals surface area contributed by atoms with Gasteiger partial charge in [-0.05, 0) is 32.8 Å². The molecule has 1 aromatic rings. The van der Waals surface area contributed by atoms with E-state index in [2.05, 4.69) is 5.32 Å². The number of ether oxygens (including phenoxy) is 2. The molecule has 0 atom stereocenters. The Morgan fingerprint density at radius 2 is 2.00 bits per heavy atom. The third-order valence-electron chi connectivity index (χ3n) is 2.96. The highest BCUT2D eigenvalue weighted by Gasteiger charge is 2.13. The summed E-state index contributed by atoms with van der Waals surface area (Å²) in [4.78, 5) is 22.0. The molecule has 0 radical (unpaired) electrons. The SMILES string of the molecule is CC(C)OCCCNC(=O)CCCOc1ccccc1[N+](=O)[O-]. The number of nitro benzene ring substituents is 1. The largest absolute Gasteiger partial charge is 0.487 e. The van der Waals surface area contributed by atoms with Crippen LogP contribution in [-0.4, -0.2) is 36.7 Å². The van der Waals surface area contributed by atoms with Gasteiger partial charge in [-0.3, -0.25) is 14.9 Å². The van der Waals surface area contributed by atoms with Gasteiger partial charge in [0.1, 0.15) is 0 Å². The number of nitrogens with one attached hydrogen (secondary N) is 1. The van der Waals surface area contributed by atoms with E-state index in [1.165, 1.54) is 6.07 Å². The van der Waals surface area contributed by atoms with Crippen molar-refractivity contribution in [2.24, 2.45) is 0 Å². The summed E-state index contributed by atoms with van der Waals surface area (Å²) in [5, 5.41) is 13.6. The maximum Gasteiger partial charge on any atom is 0.310 e. The summed E-state index contributed by atoms with van der Waals surface area (Å²) in [6.07, 6.45) is 1.80. The van der Waals surface area contributed by atoms with Crippen LogP contribution in [0.4, 0.5) is 5.69 Å². The number of carbonyl (C=O) groups excluding carboxylic acids is 1. The Labute approximate surface area is 136 Å². The van der Waals surface area contributed by atoms with Crippen LogP contribution in [0.3, 0.4) is 0 Å². The number of benzene rings is 1. The Morgan fingerprint density at radius 3 is 2.70 bits per heavy atom. The van der Waals surface area contributed by atoms with E-state index in [1.807, 2.05) is 13.8 Å². The number of hydrogen-bond donors (Lipinski definition) is 1. The molecule has 7 nitrogen and oxygen atoms in total. The van der Waals surface area contributed by atoms with Crippen molar-refractivity contribution in [3.63, 3.8) is 0 Å². The van der Waals surface area contributed by atoms with Crippen molar-refractivity contribution in [3.05, 3.63) is 34.4 Å². The number of para-hydroxylation sites is 2. The van der Waals surface area contributed by atoms with Gasteiger partial charge in [-0.25, -0.2) is 0 Å². The van der Waals surface area contributed by atoms with Gasteiger partial charge in [-0.1, -0.05) is 12.1 Å². The lowest BCUT2D eigenvalue weighted by Crippen LogP contribution is -2.25. The van der Waals surface area contributed by atoms with E-state index in [1.54, 1.807) is 18.2 Å². The van der Waals surface area contributed by atoms with Crippen molar-refractivity contribution in [2.45, 2.75) is 39.2 Å². The van der Waals surface area contributed by atoms with E-state index >= 15 is 0 Å². The summed E-state index contributed by atoms with van der Waals surface area (Å²) in [5.74, 6) is 0.171. The second kappa shape index (κ2) is 10.6. The van der Waals surface area contributed by atoms with Crippen LogP contribution < -0.4 is 10.1 Å². The molecule has 1 N–H and O–H groups in total. The molecule has 0 heterocycles. The van der Waals surface area contributed by atoms with E-state index in [-0.39, 0.29) is 30.1 Å². The lowest BCUT2D eigenvalue weighted by atomic mass is 10.3. The number of hydrogen-bond acceptors (Lipinski definition) is 5. The quantitative estimate of drug-likeness (QED) is 0.384. The number of rotatable bonds is 11. The molecule has 1 rings (SSSR count). The molecule has 0 unspecified atom stereocenters. The monoisotopic (exact) mass is 324 g/mol. The molecule has 0 aliphatic heterocycles. The van der Waals surface area contributed by atoms with Crippen LogP contribution in [0.1, 0.15) is 33.1 Å². The fraction of sp³-hybridized carbons (Fsp3) is 0.562. The Kier molecular flexibility index (Phi) is 8.67. The second-order valence-electron chi connectivity index (χ2n) is 5.30. The minimum Gasteiger partial charge on any atom is -0.487 e. The topological polar surface area (TPSA) is 90.7 Å². The normalized spacial score (nSPS) is 10.6. The number of nitrogens with zero attached hydrogens (tertiary/aromatic N) is 1. The fourth-order valence-corrected chi connectivity index (χ4v) is 1.85. The highest BCUT2D eigenvalue weighted by molar-refractivity contribution is 5.75. The number of carbonyl (C=O) groups is 1. The average molecular weight is 324 g/mol. The standard InChI is InChI=1S/C16H24N2O5/c1-13(2)22-12-6-10-17-16(19)9-5-11-23-15-8-4-3-7-14(15)18(20)21/h3-4,7-8,13H,5-6,9-12H2,1-2H3,(H,17,19). The van der Waals surface area contributed by atoms with Crippen LogP contribution in [0.15, 0.2) is 24.3 Å². The van der Waals surface area contributed by atoms with Gasteiger partial charge in [-0.15, -0.1) is 0 Å². The number of nitro groups is 1. The van der Waals surface area contributed by atoms with Crippen LogP contribution in [-0.2, 0) is 9.53 Å². The van der Waals surface area contributed by atoms with Gasteiger partial charge < -0.3 is 14.8 Å². The summed E-state index contributed by atoms with van der Waals surface area (Å²) in [5.41, 5.74) is -0.0675. The van der Waals surface area contributed by atoms with E-state index in [9.17, 15) is 14.9 Å².